The van der Waals surface area contributed by atoms with Crippen LogP contribution in [0.5, 0.6) is 0 Å². The van der Waals surface area contributed by atoms with Crippen molar-refractivity contribution < 1.29 is 4.79 Å². The van der Waals surface area contributed by atoms with E-state index in [1.165, 1.54) is 11.6 Å². The lowest BCUT2D eigenvalue weighted by Crippen LogP contribution is -2.10. The Morgan fingerprint density at radius 1 is 1.18 bits per heavy atom. The van der Waals surface area contributed by atoms with E-state index in [0.29, 0.717) is 23.1 Å². The van der Waals surface area contributed by atoms with Gasteiger partial charge in [-0.25, -0.2) is 4.98 Å². The molecule has 3 N–H and O–H groups in total. The summed E-state index contributed by atoms with van der Waals surface area (Å²) in [7, 11) is 0. The number of carbonyl (C=O) groups excluding carboxylic acids is 1. The molecule has 0 aliphatic carbocycles. The van der Waals surface area contributed by atoms with Gasteiger partial charge in [0.1, 0.15) is 5.82 Å². The molecule has 4 heteroatoms. The Morgan fingerprint density at radius 2 is 1.86 bits per heavy atom. The maximum absolute atomic E-state index is 11.9. The predicted octanol–water partition coefficient (Wildman–Crippen LogP) is 3.75. The molecule has 1 amide bonds. The number of nitrogens with zero attached hydrogens (tertiary/aromatic N) is 1. The number of nitrogens with two attached hydrogens (primary N) is 1. The van der Waals surface area contributed by atoms with Crippen molar-refractivity contribution >= 4 is 23.5 Å². The van der Waals surface area contributed by atoms with Crippen molar-refractivity contribution in [2.24, 2.45) is 0 Å². The summed E-state index contributed by atoms with van der Waals surface area (Å²) < 4.78 is 0. The first kappa shape index (κ1) is 15.8. The van der Waals surface area contributed by atoms with Crippen molar-refractivity contribution in [2.75, 3.05) is 11.1 Å². The highest BCUT2D eigenvalue weighted by Crippen LogP contribution is 2.15. The zero-order chi connectivity index (χ0) is 16.1. The third kappa shape index (κ3) is 4.19. The summed E-state index contributed by atoms with van der Waals surface area (Å²) in [5.41, 5.74) is 9.28. The second-order valence-electron chi connectivity index (χ2n) is 5.52. The third-order valence-electron chi connectivity index (χ3n) is 3.41. The van der Waals surface area contributed by atoms with Crippen LogP contribution in [0.2, 0.25) is 0 Å². The quantitative estimate of drug-likeness (QED) is 0.844. The number of anilines is 2. The molecule has 1 heterocycles. The summed E-state index contributed by atoms with van der Waals surface area (Å²) in [6.45, 7) is 6.11. The first-order valence-electron chi connectivity index (χ1n) is 7.28. The molecule has 0 saturated heterocycles. The van der Waals surface area contributed by atoms with Crippen LogP contribution in [0.4, 0.5) is 11.5 Å². The number of nitrogen functional groups attached to an aromatic ring is 1. The summed E-state index contributed by atoms with van der Waals surface area (Å²) in [5.74, 6) is 0.780. The standard InChI is InChI=1S/C18H21N3O/c1-12(2)15-7-4-14(5-8-15)6-11-18(22)21-17-10-9-16(19)13(3)20-17/h4-12H,19H2,1-3H3,(H,20,21,22)/b11-6+. The molecule has 0 atom stereocenters. The molecule has 1 aromatic carbocycles. The zero-order valence-corrected chi connectivity index (χ0v) is 13.1. The predicted molar refractivity (Wildman–Crippen MR) is 91.6 cm³/mol. The topological polar surface area (TPSA) is 68.0 Å². The maximum atomic E-state index is 11.9. The Balaban J connectivity index is 2.00. The molecule has 0 unspecified atom stereocenters. The van der Waals surface area contributed by atoms with Gasteiger partial charge in [0.25, 0.3) is 0 Å². The molecule has 2 aromatic rings. The summed E-state index contributed by atoms with van der Waals surface area (Å²) in [6.07, 6.45) is 3.28. The average Bonchev–Trinajstić information content (AvgIpc) is 2.49. The van der Waals surface area contributed by atoms with Gasteiger partial charge in [-0.15, -0.1) is 0 Å². The minimum atomic E-state index is -0.218. The Labute approximate surface area is 131 Å². The number of aromatic nitrogens is 1. The van der Waals surface area contributed by atoms with Crippen LogP contribution in [0.25, 0.3) is 6.08 Å². The van der Waals surface area contributed by atoms with Crippen LogP contribution in [0.1, 0.15) is 36.6 Å². The van der Waals surface area contributed by atoms with Gasteiger partial charge in [0.15, 0.2) is 0 Å². The molecule has 0 fully saturated rings. The molecule has 114 valence electrons. The molecule has 1 aromatic heterocycles. The van der Waals surface area contributed by atoms with Crippen molar-refractivity contribution in [1.82, 2.24) is 4.98 Å². The molecule has 0 aliphatic heterocycles. The van der Waals surface area contributed by atoms with Gasteiger partial charge in [-0.3, -0.25) is 4.79 Å². The Bertz CT molecular complexity index is 688. The molecule has 0 radical (unpaired) electrons. The van der Waals surface area contributed by atoms with Crippen molar-refractivity contribution in [3.05, 3.63) is 59.3 Å². The average molecular weight is 295 g/mol. The van der Waals surface area contributed by atoms with E-state index in [4.69, 9.17) is 5.73 Å². The second-order valence-corrected chi connectivity index (χ2v) is 5.52. The lowest BCUT2D eigenvalue weighted by Gasteiger charge is -2.05. The number of rotatable bonds is 4. The molecular weight excluding hydrogens is 274 g/mol. The van der Waals surface area contributed by atoms with E-state index in [-0.39, 0.29) is 5.91 Å². The smallest absolute Gasteiger partial charge is 0.249 e. The molecular formula is C18H21N3O. The Kier molecular flexibility index (Phi) is 4.94. The minimum Gasteiger partial charge on any atom is -0.397 e. The molecule has 0 bridgehead atoms. The van der Waals surface area contributed by atoms with Gasteiger partial charge in [-0.05, 0) is 42.2 Å². The number of pyridine rings is 1. The third-order valence-corrected chi connectivity index (χ3v) is 3.41. The minimum absolute atomic E-state index is 0.218. The molecule has 0 aliphatic rings. The SMILES string of the molecule is Cc1nc(NC(=O)/C=C/c2ccc(C(C)C)cc2)ccc1N. The zero-order valence-electron chi connectivity index (χ0n) is 13.1. The summed E-state index contributed by atoms with van der Waals surface area (Å²) in [5, 5.41) is 2.72. The second kappa shape index (κ2) is 6.89. The molecule has 0 saturated carbocycles. The maximum Gasteiger partial charge on any atom is 0.249 e. The number of hydrogen-bond acceptors (Lipinski definition) is 3. The highest BCUT2D eigenvalue weighted by Gasteiger charge is 2.02. The van der Waals surface area contributed by atoms with E-state index in [1.807, 2.05) is 12.1 Å². The monoisotopic (exact) mass is 295 g/mol. The van der Waals surface area contributed by atoms with Crippen molar-refractivity contribution in [2.45, 2.75) is 26.7 Å². The van der Waals surface area contributed by atoms with Gasteiger partial charge in [0, 0.05) is 6.08 Å². The van der Waals surface area contributed by atoms with E-state index in [9.17, 15) is 4.79 Å². The van der Waals surface area contributed by atoms with E-state index in [2.05, 4.69) is 36.3 Å². The van der Waals surface area contributed by atoms with Crippen LogP contribution in [0.3, 0.4) is 0 Å². The van der Waals surface area contributed by atoms with Gasteiger partial charge >= 0.3 is 0 Å². The lowest BCUT2D eigenvalue weighted by molar-refractivity contribution is -0.111. The highest BCUT2D eigenvalue weighted by atomic mass is 16.1. The fourth-order valence-corrected chi connectivity index (χ4v) is 1.97. The van der Waals surface area contributed by atoms with Gasteiger partial charge in [-0.1, -0.05) is 38.1 Å². The number of hydrogen-bond donors (Lipinski definition) is 2. The van der Waals surface area contributed by atoms with E-state index >= 15 is 0 Å². The molecule has 2 rings (SSSR count). The number of benzene rings is 1. The number of amides is 1. The Hall–Kier alpha value is -2.62. The van der Waals surface area contributed by atoms with E-state index in [1.54, 1.807) is 25.1 Å². The highest BCUT2D eigenvalue weighted by molar-refractivity contribution is 6.01. The van der Waals surface area contributed by atoms with Crippen LogP contribution in [0, 0.1) is 6.92 Å². The van der Waals surface area contributed by atoms with Crippen LogP contribution >= 0.6 is 0 Å². The normalized spacial score (nSPS) is 11.1. The van der Waals surface area contributed by atoms with E-state index in [0.717, 1.165) is 5.56 Å². The van der Waals surface area contributed by atoms with Crippen molar-refractivity contribution in [3.8, 4) is 0 Å². The Morgan fingerprint density at radius 3 is 2.45 bits per heavy atom. The van der Waals surface area contributed by atoms with Crippen LogP contribution < -0.4 is 11.1 Å². The van der Waals surface area contributed by atoms with Crippen molar-refractivity contribution in [1.29, 1.82) is 0 Å². The number of carbonyl (C=O) groups is 1. The van der Waals surface area contributed by atoms with Crippen molar-refractivity contribution in [3.63, 3.8) is 0 Å². The largest absolute Gasteiger partial charge is 0.397 e. The summed E-state index contributed by atoms with van der Waals surface area (Å²) in [4.78, 5) is 16.1. The molecule has 0 spiro atoms. The number of nitrogens with one attached hydrogen (secondary N) is 1. The first-order valence-corrected chi connectivity index (χ1v) is 7.28. The lowest BCUT2D eigenvalue weighted by atomic mass is 10.0. The van der Waals surface area contributed by atoms with Gasteiger partial charge < -0.3 is 11.1 Å². The summed E-state index contributed by atoms with van der Waals surface area (Å²) >= 11 is 0. The summed E-state index contributed by atoms with van der Waals surface area (Å²) in [6, 6.07) is 11.6. The molecule has 22 heavy (non-hydrogen) atoms. The van der Waals surface area contributed by atoms with Gasteiger partial charge in [0.05, 0.1) is 11.4 Å². The van der Waals surface area contributed by atoms with Crippen LogP contribution in [-0.4, -0.2) is 10.9 Å². The van der Waals surface area contributed by atoms with Crippen LogP contribution in [0.15, 0.2) is 42.5 Å². The van der Waals surface area contributed by atoms with Crippen LogP contribution in [-0.2, 0) is 4.79 Å². The van der Waals surface area contributed by atoms with Gasteiger partial charge in [0.2, 0.25) is 5.91 Å². The fraction of sp³-hybridized carbons (Fsp3) is 0.222. The molecule has 4 nitrogen and oxygen atoms in total. The van der Waals surface area contributed by atoms with Gasteiger partial charge in [-0.2, -0.15) is 0 Å². The number of aryl methyl sites for hydroxylation is 1. The first-order chi connectivity index (χ1) is 10.5. The van der Waals surface area contributed by atoms with E-state index < -0.39 is 0 Å². The fourth-order valence-electron chi connectivity index (χ4n) is 1.97.